The third-order valence-electron chi connectivity index (χ3n) is 3.89. The van der Waals surface area contributed by atoms with E-state index >= 15 is 0 Å². The second kappa shape index (κ2) is 7.23. The van der Waals surface area contributed by atoms with E-state index in [0.29, 0.717) is 29.8 Å². The summed E-state index contributed by atoms with van der Waals surface area (Å²) < 4.78 is 14.0. The molecule has 3 rings (SSSR count). The number of aromatic amines is 1. The Morgan fingerprint density at radius 2 is 2.00 bits per heavy atom. The summed E-state index contributed by atoms with van der Waals surface area (Å²) in [6.07, 6.45) is 0. The predicted molar refractivity (Wildman–Crippen MR) is 96.3 cm³/mol. The molecule has 0 saturated heterocycles. The molecular formula is C18H17BrFN3O. The Morgan fingerprint density at radius 1 is 1.21 bits per heavy atom. The number of benzene rings is 2. The van der Waals surface area contributed by atoms with Gasteiger partial charge in [0.25, 0.3) is 5.56 Å². The summed E-state index contributed by atoms with van der Waals surface area (Å²) in [4.78, 5) is 21.7. The lowest BCUT2D eigenvalue weighted by molar-refractivity contribution is 0.264. The van der Waals surface area contributed by atoms with E-state index in [0.717, 1.165) is 16.6 Å². The molecule has 1 aromatic heterocycles. The van der Waals surface area contributed by atoms with Crippen molar-refractivity contribution in [2.75, 3.05) is 6.54 Å². The number of nitrogens with one attached hydrogen (secondary N) is 1. The Hall–Kier alpha value is -2.05. The van der Waals surface area contributed by atoms with Gasteiger partial charge >= 0.3 is 0 Å². The maximum atomic E-state index is 13.2. The van der Waals surface area contributed by atoms with Crippen molar-refractivity contribution in [1.82, 2.24) is 14.9 Å². The Bertz CT molecular complexity index is 926. The number of fused-ring (bicyclic) bond motifs is 1. The van der Waals surface area contributed by atoms with Gasteiger partial charge in [-0.3, -0.25) is 9.69 Å². The van der Waals surface area contributed by atoms with Crippen LogP contribution in [0.5, 0.6) is 0 Å². The largest absolute Gasteiger partial charge is 0.309 e. The molecule has 0 aliphatic rings. The molecule has 0 spiro atoms. The molecule has 0 amide bonds. The molecule has 0 bridgehead atoms. The van der Waals surface area contributed by atoms with Crippen LogP contribution in [0.2, 0.25) is 0 Å². The van der Waals surface area contributed by atoms with Gasteiger partial charge in [0.2, 0.25) is 0 Å². The van der Waals surface area contributed by atoms with E-state index in [1.807, 2.05) is 25.1 Å². The fourth-order valence-corrected chi connectivity index (χ4v) is 3.07. The fourth-order valence-electron chi connectivity index (χ4n) is 2.59. The van der Waals surface area contributed by atoms with E-state index in [1.165, 1.54) is 12.1 Å². The van der Waals surface area contributed by atoms with Gasteiger partial charge in [-0.25, -0.2) is 9.37 Å². The zero-order valence-electron chi connectivity index (χ0n) is 13.2. The summed E-state index contributed by atoms with van der Waals surface area (Å²) in [5, 5.41) is 0.588. The molecule has 0 unspecified atom stereocenters. The average molecular weight is 390 g/mol. The molecule has 1 N–H and O–H groups in total. The molecule has 0 aliphatic carbocycles. The minimum atomic E-state index is -0.269. The van der Waals surface area contributed by atoms with Crippen LogP contribution in [0.25, 0.3) is 10.9 Å². The average Bonchev–Trinajstić information content (AvgIpc) is 2.56. The first-order valence-corrected chi connectivity index (χ1v) is 8.50. The Balaban J connectivity index is 1.84. The number of aromatic nitrogens is 2. The number of halogens is 2. The van der Waals surface area contributed by atoms with Crippen molar-refractivity contribution in [3.05, 3.63) is 74.5 Å². The van der Waals surface area contributed by atoms with Crippen molar-refractivity contribution in [2.45, 2.75) is 20.0 Å². The van der Waals surface area contributed by atoms with Crippen LogP contribution in [0, 0.1) is 5.82 Å². The molecular weight excluding hydrogens is 373 g/mol. The van der Waals surface area contributed by atoms with Crippen LogP contribution >= 0.6 is 15.9 Å². The summed E-state index contributed by atoms with van der Waals surface area (Å²) in [7, 11) is 0. The maximum Gasteiger partial charge on any atom is 0.258 e. The molecule has 3 aromatic rings. The monoisotopic (exact) mass is 389 g/mol. The first-order valence-electron chi connectivity index (χ1n) is 7.71. The molecule has 124 valence electrons. The lowest BCUT2D eigenvalue weighted by atomic mass is 10.2. The van der Waals surface area contributed by atoms with E-state index in [2.05, 4.69) is 30.8 Å². The molecule has 4 nitrogen and oxygen atoms in total. The molecule has 1 heterocycles. The molecule has 2 aromatic carbocycles. The third kappa shape index (κ3) is 3.71. The molecule has 0 atom stereocenters. The van der Waals surface area contributed by atoms with Gasteiger partial charge < -0.3 is 4.98 Å². The lowest BCUT2D eigenvalue weighted by Gasteiger charge is -2.20. The second-order valence-electron chi connectivity index (χ2n) is 5.57. The van der Waals surface area contributed by atoms with Crippen molar-refractivity contribution in [2.24, 2.45) is 0 Å². The Morgan fingerprint density at radius 3 is 2.75 bits per heavy atom. The van der Waals surface area contributed by atoms with Gasteiger partial charge in [-0.1, -0.05) is 41.1 Å². The molecule has 24 heavy (non-hydrogen) atoms. The number of hydrogen-bond acceptors (Lipinski definition) is 3. The van der Waals surface area contributed by atoms with Crippen molar-refractivity contribution < 1.29 is 4.39 Å². The standard InChI is InChI=1S/C18H17BrFN3O/c1-2-23(10-12-7-8-13(20)9-15(12)19)11-17-21-16-6-4-3-5-14(16)18(24)22-17/h3-9H,2,10-11H2,1H3,(H,21,22,24). The zero-order chi connectivity index (χ0) is 17.1. The van der Waals surface area contributed by atoms with Crippen LogP contribution < -0.4 is 5.56 Å². The van der Waals surface area contributed by atoms with Crippen LogP contribution in [0.15, 0.2) is 51.7 Å². The molecule has 0 fully saturated rings. The van der Waals surface area contributed by atoms with Gasteiger partial charge in [0.15, 0.2) is 0 Å². The number of H-pyrrole nitrogens is 1. The maximum absolute atomic E-state index is 13.2. The number of rotatable bonds is 5. The first kappa shape index (κ1) is 16.8. The van der Waals surface area contributed by atoms with E-state index in [4.69, 9.17) is 0 Å². The summed E-state index contributed by atoms with van der Waals surface area (Å²) >= 11 is 3.39. The first-order chi connectivity index (χ1) is 11.6. The summed E-state index contributed by atoms with van der Waals surface area (Å²) in [6.45, 7) is 3.96. The van der Waals surface area contributed by atoms with Crippen LogP contribution in [-0.2, 0) is 13.1 Å². The highest BCUT2D eigenvalue weighted by atomic mass is 79.9. The molecule has 6 heteroatoms. The van der Waals surface area contributed by atoms with Crippen molar-refractivity contribution >= 4 is 26.8 Å². The van der Waals surface area contributed by atoms with E-state index in [-0.39, 0.29) is 11.4 Å². The molecule has 0 saturated carbocycles. The summed E-state index contributed by atoms with van der Waals surface area (Å²) in [5.74, 6) is 0.355. The van der Waals surface area contributed by atoms with E-state index in [9.17, 15) is 9.18 Å². The van der Waals surface area contributed by atoms with Gasteiger partial charge in [0.05, 0.1) is 17.4 Å². The summed E-state index contributed by atoms with van der Waals surface area (Å²) in [6, 6.07) is 12.0. The van der Waals surface area contributed by atoms with Crippen LogP contribution in [0.1, 0.15) is 18.3 Å². The van der Waals surface area contributed by atoms with Crippen LogP contribution in [0.4, 0.5) is 4.39 Å². The van der Waals surface area contributed by atoms with Crippen molar-refractivity contribution in [1.29, 1.82) is 0 Å². The van der Waals surface area contributed by atoms with E-state index in [1.54, 1.807) is 12.1 Å². The lowest BCUT2D eigenvalue weighted by Crippen LogP contribution is -2.25. The van der Waals surface area contributed by atoms with Crippen LogP contribution in [0.3, 0.4) is 0 Å². The Labute approximate surface area is 147 Å². The normalized spacial score (nSPS) is 11.3. The number of hydrogen-bond donors (Lipinski definition) is 1. The minimum Gasteiger partial charge on any atom is -0.309 e. The quantitative estimate of drug-likeness (QED) is 0.720. The van der Waals surface area contributed by atoms with Crippen molar-refractivity contribution in [3.63, 3.8) is 0 Å². The van der Waals surface area contributed by atoms with Gasteiger partial charge in [-0.15, -0.1) is 0 Å². The number of para-hydroxylation sites is 1. The van der Waals surface area contributed by atoms with Crippen molar-refractivity contribution in [3.8, 4) is 0 Å². The topological polar surface area (TPSA) is 49.0 Å². The molecule has 0 aliphatic heterocycles. The second-order valence-corrected chi connectivity index (χ2v) is 6.42. The van der Waals surface area contributed by atoms with Gasteiger partial charge in [0, 0.05) is 11.0 Å². The third-order valence-corrected chi connectivity index (χ3v) is 4.63. The fraction of sp³-hybridized carbons (Fsp3) is 0.222. The van der Waals surface area contributed by atoms with E-state index < -0.39 is 0 Å². The van der Waals surface area contributed by atoms with Gasteiger partial charge in [0.1, 0.15) is 11.6 Å². The number of nitrogens with zero attached hydrogens (tertiary/aromatic N) is 2. The summed E-state index contributed by atoms with van der Waals surface area (Å²) in [5.41, 5.74) is 1.55. The van der Waals surface area contributed by atoms with Gasteiger partial charge in [-0.05, 0) is 36.4 Å². The highest BCUT2D eigenvalue weighted by Gasteiger charge is 2.11. The highest BCUT2D eigenvalue weighted by molar-refractivity contribution is 9.10. The Kier molecular flexibility index (Phi) is 5.06. The predicted octanol–water partition coefficient (Wildman–Crippen LogP) is 3.85. The zero-order valence-corrected chi connectivity index (χ0v) is 14.8. The van der Waals surface area contributed by atoms with Crippen LogP contribution in [-0.4, -0.2) is 21.4 Å². The highest BCUT2D eigenvalue weighted by Crippen LogP contribution is 2.20. The van der Waals surface area contributed by atoms with Gasteiger partial charge in [-0.2, -0.15) is 0 Å². The smallest absolute Gasteiger partial charge is 0.258 e. The minimum absolute atomic E-state index is 0.130. The SMILES string of the molecule is CCN(Cc1nc2ccccc2c(=O)[nH]1)Cc1ccc(F)cc1Br. The molecule has 0 radical (unpaired) electrons.